The van der Waals surface area contributed by atoms with Crippen LogP contribution in [0.3, 0.4) is 0 Å². The van der Waals surface area contributed by atoms with Crippen LogP contribution in [0.4, 0.5) is 10.8 Å². The number of hydrogen-bond donors (Lipinski definition) is 1. The van der Waals surface area contributed by atoms with Gasteiger partial charge >= 0.3 is 0 Å². The van der Waals surface area contributed by atoms with Gasteiger partial charge in [-0.15, -0.1) is 0 Å². The quantitative estimate of drug-likeness (QED) is 0.691. The summed E-state index contributed by atoms with van der Waals surface area (Å²) in [4.78, 5) is 31.4. The van der Waals surface area contributed by atoms with Crippen LogP contribution in [0.25, 0.3) is 10.2 Å². The molecule has 9 heteroatoms. The predicted octanol–water partition coefficient (Wildman–Crippen LogP) is 3.07. The van der Waals surface area contributed by atoms with Crippen molar-refractivity contribution >= 4 is 44.2 Å². The molecule has 0 bridgehead atoms. The number of ether oxygens (including phenoxy) is 3. The molecular formula is C21H19N3O5S. The van der Waals surface area contributed by atoms with Gasteiger partial charge in [-0.05, 0) is 30.3 Å². The molecule has 1 saturated heterocycles. The summed E-state index contributed by atoms with van der Waals surface area (Å²) in [6.45, 7) is 1.29. The standard InChI is InChI=1S/C21H19N3O5S/c1-27-14-3-4-15-18(10-14)30-21(22-15)23-20(26)12-8-19(25)24(11-12)13-2-5-16-17(9-13)29-7-6-28-16/h2-5,9-10,12H,6-8,11H2,1H3,(H,22,23,26)/t12-/m0/s1. The highest BCUT2D eigenvalue weighted by atomic mass is 32.1. The van der Waals surface area contributed by atoms with Gasteiger partial charge in [-0.2, -0.15) is 0 Å². The van der Waals surface area contributed by atoms with Crippen molar-refractivity contribution in [2.45, 2.75) is 6.42 Å². The lowest BCUT2D eigenvalue weighted by atomic mass is 10.1. The number of carbonyl (C=O) groups excluding carboxylic acids is 2. The van der Waals surface area contributed by atoms with Crippen molar-refractivity contribution in [3.05, 3.63) is 36.4 Å². The molecule has 0 radical (unpaired) electrons. The van der Waals surface area contributed by atoms with Gasteiger partial charge in [-0.3, -0.25) is 9.59 Å². The molecule has 2 aliphatic heterocycles. The molecule has 0 unspecified atom stereocenters. The van der Waals surface area contributed by atoms with Gasteiger partial charge in [-0.25, -0.2) is 4.98 Å². The van der Waals surface area contributed by atoms with E-state index >= 15 is 0 Å². The smallest absolute Gasteiger partial charge is 0.231 e. The molecule has 154 valence electrons. The zero-order valence-electron chi connectivity index (χ0n) is 16.2. The van der Waals surface area contributed by atoms with Gasteiger partial charge in [0.1, 0.15) is 19.0 Å². The number of rotatable bonds is 4. The Labute approximate surface area is 176 Å². The zero-order chi connectivity index (χ0) is 20.7. The van der Waals surface area contributed by atoms with E-state index < -0.39 is 5.92 Å². The fourth-order valence-electron chi connectivity index (χ4n) is 3.63. The highest BCUT2D eigenvalue weighted by Gasteiger charge is 2.36. The number of nitrogens with zero attached hydrogens (tertiary/aromatic N) is 2. The second-order valence-electron chi connectivity index (χ2n) is 7.08. The van der Waals surface area contributed by atoms with Gasteiger partial charge in [0.15, 0.2) is 16.6 Å². The lowest BCUT2D eigenvalue weighted by Crippen LogP contribution is -2.28. The summed E-state index contributed by atoms with van der Waals surface area (Å²) in [6.07, 6.45) is 0.152. The summed E-state index contributed by atoms with van der Waals surface area (Å²) in [6, 6.07) is 10.9. The van der Waals surface area contributed by atoms with E-state index in [4.69, 9.17) is 14.2 Å². The van der Waals surface area contributed by atoms with Crippen LogP contribution >= 0.6 is 11.3 Å². The second kappa shape index (κ2) is 7.49. The van der Waals surface area contributed by atoms with Crippen molar-refractivity contribution in [2.75, 3.05) is 37.1 Å². The van der Waals surface area contributed by atoms with E-state index in [0.717, 1.165) is 16.0 Å². The van der Waals surface area contributed by atoms with Crippen LogP contribution in [0.15, 0.2) is 36.4 Å². The van der Waals surface area contributed by atoms with Crippen molar-refractivity contribution in [1.29, 1.82) is 0 Å². The number of fused-ring (bicyclic) bond motifs is 2. The van der Waals surface area contributed by atoms with E-state index in [2.05, 4.69) is 10.3 Å². The van der Waals surface area contributed by atoms with Crippen LogP contribution in [0.2, 0.25) is 0 Å². The van der Waals surface area contributed by atoms with Gasteiger partial charge in [0.2, 0.25) is 11.8 Å². The van der Waals surface area contributed by atoms with Crippen molar-refractivity contribution in [3.63, 3.8) is 0 Å². The summed E-state index contributed by atoms with van der Waals surface area (Å²) in [7, 11) is 1.61. The summed E-state index contributed by atoms with van der Waals surface area (Å²) in [5, 5.41) is 3.37. The monoisotopic (exact) mass is 425 g/mol. The van der Waals surface area contributed by atoms with Crippen molar-refractivity contribution < 1.29 is 23.8 Å². The highest BCUT2D eigenvalue weighted by molar-refractivity contribution is 7.22. The first-order valence-corrected chi connectivity index (χ1v) is 10.4. The fourth-order valence-corrected chi connectivity index (χ4v) is 4.52. The van der Waals surface area contributed by atoms with E-state index in [0.29, 0.717) is 42.1 Å². The van der Waals surface area contributed by atoms with Gasteiger partial charge in [0.25, 0.3) is 0 Å². The Morgan fingerprint density at radius 1 is 1.20 bits per heavy atom. The molecule has 0 spiro atoms. The third-order valence-corrected chi connectivity index (χ3v) is 6.09. The molecule has 3 heterocycles. The Kier molecular flexibility index (Phi) is 4.66. The van der Waals surface area contributed by atoms with Crippen molar-refractivity contribution in [3.8, 4) is 17.2 Å². The third-order valence-electron chi connectivity index (χ3n) is 5.16. The number of methoxy groups -OCH3 is 1. The highest BCUT2D eigenvalue weighted by Crippen LogP contribution is 2.36. The molecule has 2 aromatic carbocycles. The molecule has 0 saturated carbocycles. The maximum absolute atomic E-state index is 12.8. The van der Waals surface area contributed by atoms with Gasteiger partial charge in [-0.1, -0.05) is 11.3 Å². The first-order valence-electron chi connectivity index (χ1n) is 9.56. The Morgan fingerprint density at radius 3 is 2.87 bits per heavy atom. The van der Waals surface area contributed by atoms with E-state index in [1.165, 1.54) is 11.3 Å². The van der Waals surface area contributed by atoms with Crippen LogP contribution in [0.5, 0.6) is 17.2 Å². The lowest BCUT2D eigenvalue weighted by molar-refractivity contribution is -0.122. The number of thiazole rings is 1. The molecule has 1 fully saturated rings. The van der Waals surface area contributed by atoms with Crippen LogP contribution in [0.1, 0.15) is 6.42 Å². The fraction of sp³-hybridized carbons (Fsp3) is 0.286. The molecule has 2 aliphatic rings. The molecular weight excluding hydrogens is 406 g/mol. The van der Waals surface area contributed by atoms with Gasteiger partial charge in [0.05, 0.1) is 23.2 Å². The van der Waals surface area contributed by atoms with E-state index in [-0.39, 0.29) is 18.2 Å². The first-order chi connectivity index (χ1) is 14.6. The normalized spacial score (nSPS) is 18.0. The lowest BCUT2D eigenvalue weighted by Gasteiger charge is -2.22. The maximum atomic E-state index is 12.8. The second-order valence-corrected chi connectivity index (χ2v) is 8.11. The predicted molar refractivity (Wildman–Crippen MR) is 113 cm³/mol. The molecule has 1 atom stereocenters. The van der Waals surface area contributed by atoms with Crippen molar-refractivity contribution in [2.24, 2.45) is 5.92 Å². The average molecular weight is 425 g/mol. The number of hydrogen-bond acceptors (Lipinski definition) is 7. The first kappa shape index (κ1) is 18.7. The van der Waals surface area contributed by atoms with Crippen LogP contribution in [0, 0.1) is 5.92 Å². The average Bonchev–Trinajstić information content (AvgIpc) is 3.35. The topological polar surface area (TPSA) is 90.0 Å². The minimum Gasteiger partial charge on any atom is -0.497 e. The van der Waals surface area contributed by atoms with Gasteiger partial charge in [0, 0.05) is 24.7 Å². The van der Waals surface area contributed by atoms with Crippen LogP contribution < -0.4 is 24.4 Å². The van der Waals surface area contributed by atoms with Gasteiger partial charge < -0.3 is 24.4 Å². The summed E-state index contributed by atoms with van der Waals surface area (Å²) in [5.74, 6) is 1.26. The maximum Gasteiger partial charge on any atom is 0.231 e. The third kappa shape index (κ3) is 3.41. The minimum absolute atomic E-state index is 0.0964. The van der Waals surface area contributed by atoms with E-state index in [1.807, 2.05) is 24.3 Å². The number of benzene rings is 2. The molecule has 30 heavy (non-hydrogen) atoms. The van der Waals surface area contributed by atoms with E-state index in [9.17, 15) is 9.59 Å². The molecule has 5 rings (SSSR count). The SMILES string of the molecule is COc1ccc2nc(NC(=O)[C@H]3CC(=O)N(c4ccc5c(c4)OCCO5)C3)sc2c1. The van der Waals surface area contributed by atoms with Crippen LogP contribution in [-0.4, -0.2) is 43.7 Å². The van der Waals surface area contributed by atoms with Crippen LogP contribution in [-0.2, 0) is 9.59 Å². The van der Waals surface area contributed by atoms with E-state index in [1.54, 1.807) is 24.1 Å². The largest absolute Gasteiger partial charge is 0.497 e. The summed E-state index contributed by atoms with van der Waals surface area (Å²) in [5.41, 5.74) is 1.49. The Morgan fingerprint density at radius 2 is 2.03 bits per heavy atom. The number of anilines is 2. The molecule has 0 aliphatic carbocycles. The Bertz CT molecular complexity index is 1140. The molecule has 3 aromatic rings. The molecule has 1 aromatic heterocycles. The molecule has 2 amide bonds. The minimum atomic E-state index is -0.452. The number of amides is 2. The number of nitrogens with one attached hydrogen (secondary N) is 1. The Balaban J connectivity index is 1.30. The molecule has 1 N–H and O–H groups in total. The summed E-state index contributed by atoms with van der Waals surface area (Å²) >= 11 is 1.38. The number of aromatic nitrogens is 1. The Hall–Kier alpha value is -3.33. The summed E-state index contributed by atoms with van der Waals surface area (Å²) < 4.78 is 17.3. The molecule has 8 nitrogen and oxygen atoms in total. The zero-order valence-corrected chi connectivity index (χ0v) is 17.0. The van der Waals surface area contributed by atoms with Crippen molar-refractivity contribution in [1.82, 2.24) is 4.98 Å². The number of carbonyl (C=O) groups is 2.